The number of furan rings is 1. The van der Waals surface area contributed by atoms with E-state index in [0.29, 0.717) is 22.7 Å². The fraction of sp³-hybridized carbons (Fsp3) is 0.0357. The second-order valence-corrected chi connectivity index (χ2v) is 7.86. The Labute approximate surface area is 196 Å². The molecule has 6 nitrogen and oxygen atoms in total. The van der Waals surface area contributed by atoms with Crippen molar-refractivity contribution in [2.24, 2.45) is 0 Å². The number of fused-ring (bicyclic) bond motifs is 1. The number of nitrogens with one attached hydrogen (secondary N) is 1. The van der Waals surface area contributed by atoms with Gasteiger partial charge in [-0.05, 0) is 55.0 Å². The molecule has 0 fully saturated rings. The van der Waals surface area contributed by atoms with Crippen molar-refractivity contribution in [2.45, 2.75) is 6.92 Å². The highest BCUT2D eigenvalue weighted by Crippen LogP contribution is 2.31. The van der Waals surface area contributed by atoms with Crippen LogP contribution in [-0.2, 0) is 4.79 Å². The van der Waals surface area contributed by atoms with Gasteiger partial charge in [-0.2, -0.15) is 10.4 Å². The van der Waals surface area contributed by atoms with Crippen LogP contribution < -0.4 is 5.32 Å². The molecular weight excluding hydrogens is 424 g/mol. The predicted octanol–water partition coefficient (Wildman–Crippen LogP) is 6.14. The minimum absolute atomic E-state index is 0.0357. The lowest BCUT2D eigenvalue weighted by atomic mass is 10.1. The second kappa shape index (κ2) is 8.93. The molecule has 1 amide bonds. The van der Waals surface area contributed by atoms with E-state index in [0.717, 1.165) is 22.2 Å². The third kappa shape index (κ3) is 4.23. The molecule has 164 valence electrons. The monoisotopic (exact) mass is 444 g/mol. The van der Waals surface area contributed by atoms with Gasteiger partial charge in [-0.15, -0.1) is 0 Å². The SMILES string of the molecule is Cc1cccc(NC(=O)C(C#N)=Cc2cn(-c3ccccc3)nc2-c2cc3ccccc3o2)c1. The molecule has 2 aromatic heterocycles. The number of aromatic nitrogens is 2. The lowest BCUT2D eigenvalue weighted by Crippen LogP contribution is -2.13. The molecule has 2 heterocycles. The molecule has 0 spiro atoms. The molecule has 34 heavy (non-hydrogen) atoms. The van der Waals surface area contributed by atoms with Crippen molar-refractivity contribution < 1.29 is 9.21 Å². The number of hydrogen-bond donors (Lipinski definition) is 1. The summed E-state index contributed by atoms with van der Waals surface area (Å²) in [4.78, 5) is 12.9. The Bertz CT molecular complexity index is 1540. The maximum Gasteiger partial charge on any atom is 0.266 e. The van der Waals surface area contributed by atoms with Gasteiger partial charge in [0, 0.05) is 22.8 Å². The summed E-state index contributed by atoms with van der Waals surface area (Å²) in [6.45, 7) is 1.94. The average molecular weight is 444 g/mol. The van der Waals surface area contributed by atoms with E-state index in [4.69, 9.17) is 9.52 Å². The minimum atomic E-state index is -0.490. The molecule has 1 N–H and O–H groups in total. The minimum Gasteiger partial charge on any atom is -0.454 e. The average Bonchev–Trinajstić information content (AvgIpc) is 3.47. The van der Waals surface area contributed by atoms with Crippen LogP contribution in [0.4, 0.5) is 5.69 Å². The number of carbonyl (C=O) groups excluding carboxylic acids is 1. The lowest BCUT2D eigenvalue weighted by molar-refractivity contribution is -0.112. The van der Waals surface area contributed by atoms with E-state index in [2.05, 4.69) is 5.32 Å². The Morgan fingerprint density at radius 2 is 1.82 bits per heavy atom. The zero-order valence-electron chi connectivity index (χ0n) is 18.4. The summed E-state index contributed by atoms with van der Waals surface area (Å²) < 4.78 is 7.75. The predicted molar refractivity (Wildman–Crippen MR) is 132 cm³/mol. The Kier molecular flexibility index (Phi) is 5.51. The molecule has 0 bridgehead atoms. The maximum atomic E-state index is 12.9. The first-order valence-electron chi connectivity index (χ1n) is 10.7. The largest absolute Gasteiger partial charge is 0.454 e. The van der Waals surface area contributed by atoms with E-state index in [1.807, 2.05) is 91.9 Å². The molecule has 5 rings (SSSR count). The quantitative estimate of drug-likeness (QED) is 0.261. The van der Waals surface area contributed by atoms with Crippen LogP contribution in [0.2, 0.25) is 0 Å². The number of carbonyl (C=O) groups is 1. The van der Waals surface area contributed by atoms with E-state index >= 15 is 0 Å². The number of hydrogen-bond acceptors (Lipinski definition) is 4. The van der Waals surface area contributed by atoms with Gasteiger partial charge in [-0.25, -0.2) is 4.68 Å². The molecule has 6 heteroatoms. The lowest BCUT2D eigenvalue weighted by Gasteiger charge is -2.05. The molecule has 0 aliphatic rings. The van der Waals surface area contributed by atoms with Crippen molar-refractivity contribution in [1.82, 2.24) is 9.78 Å². The summed E-state index contributed by atoms with van der Waals surface area (Å²) >= 11 is 0. The van der Waals surface area contributed by atoms with Crippen molar-refractivity contribution in [3.8, 4) is 23.2 Å². The number of aryl methyl sites for hydroxylation is 1. The maximum absolute atomic E-state index is 12.9. The van der Waals surface area contributed by atoms with E-state index in [1.165, 1.54) is 0 Å². The molecule has 3 aromatic carbocycles. The first-order chi connectivity index (χ1) is 16.6. The van der Waals surface area contributed by atoms with Crippen LogP contribution in [0.25, 0.3) is 34.2 Å². The molecule has 0 radical (unpaired) electrons. The zero-order chi connectivity index (χ0) is 23.5. The highest BCUT2D eigenvalue weighted by atomic mass is 16.3. The Morgan fingerprint density at radius 1 is 1.03 bits per heavy atom. The van der Waals surface area contributed by atoms with Crippen molar-refractivity contribution in [3.05, 3.63) is 108 Å². The molecule has 0 unspecified atom stereocenters. The summed E-state index contributed by atoms with van der Waals surface area (Å²) in [6.07, 6.45) is 3.33. The molecule has 0 saturated heterocycles. The van der Waals surface area contributed by atoms with Crippen LogP contribution >= 0.6 is 0 Å². The zero-order valence-corrected chi connectivity index (χ0v) is 18.4. The molecular formula is C28H20N4O2. The third-order valence-corrected chi connectivity index (χ3v) is 5.36. The van der Waals surface area contributed by atoms with E-state index in [-0.39, 0.29) is 5.57 Å². The number of amides is 1. The van der Waals surface area contributed by atoms with Crippen LogP contribution in [0.1, 0.15) is 11.1 Å². The van der Waals surface area contributed by atoms with Crippen LogP contribution in [0.5, 0.6) is 0 Å². The van der Waals surface area contributed by atoms with E-state index in [9.17, 15) is 10.1 Å². The van der Waals surface area contributed by atoms with E-state index < -0.39 is 5.91 Å². The van der Waals surface area contributed by atoms with Crippen molar-refractivity contribution in [2.75, 3.05) is 5.32 Å². The highest BCUT2D eigenvalue weighted by Gasteiger charge is 2.18. The van der Waals surface area contributed by atoms with Gasteiger partial charge < -0.3 is 9.73 Å². The van der Waals surface area contributed by atoms with Crippen LogP contribution in [0.3, 0.4) is 0 Å². The fourth-order valence-electron chi connectivity index (χ4n) is 3.72. The molecule has 0 aliphatic heterocycles. The summed E-state index contributed by atoms with van der Waals surface area (Å²) in [5, 5.41) is 18.2. The summed E-state index contributed by atoms with van der Waals surface area (Å²) in [7, 11) is 0. The van der Waals surface area contributed by atoms with Crippen LogP contribution in [0.15, 0.2) is 101 Å². The number of para-hydroxylation sites is 2. The Balaban J connectivity index is 1.58. The van der Waals surface area contributed by atoms with Gasteiger partial charge >= 0.3 is 0 Å². The van der Waals surface area contributed by atoms with Gasteiger partial charge in [0.1, 0.15) is 22.9 Å². The van der Waals surface area contributed by atoms with Crippen molar-refractivity contribution in [3.63, 3.8) is 0 Å². The number of benzene rings is 3. The molecule has 0 atom stereocenters. The first-order valence-corrected chi connectivity index (χ1v) is 10.7. The van der Waals surface area contributed by atoms with Gasteiger partial charge in [-0.3, -0.25) is 4.79 Å². The molecule has 0 aliphatic carbocycles. The summed E-state index contributed by atoms with van der Waals surface area (Å²) in [5.74, 6) is 0.0645. The topological polar surface area (TPSA) is 83.9 Å². The van der Waals surface area contributed by atoms with Gasteiger partial charge in [0.15, 0.2) is 5.76 Å². The van der Waals surface area contributed by atoms with Crippen LogP contribution in [-0.4, -0.2) is 15.7 Å². The number of anilines is 1. The number of nitriles is 1. The van der Waals surface area contributed by atoms with Gasteiger partial charge in [0.25, 0.3) is 5.91 Å². The normalized spacial score (nSPS) is 11.4. The van der Waals surface area contributed by atoms with Crippen molar-refractivity contribution >= 4 is 28.6 Å². The molecule has 0 saturated carbocycles. The third-order valence-electron chi connectivity index (χ3n) is 5.36. The van der Waals surface area contributed by atoms with Crippen LogP contribution in [0, 0.1) is 18.3 Å². The fourth-order valence-corrected chi connectivity index (χ4v) is 3.72. The summed E-state index contributed by atoms with van der Waals surface area (Å²) in [5.41, 5.74) is 4.32. The number of nitrogens with zero attached hydrogens (tertiary/aromatic N) is 3. The molecule has 5 aromatic rings. The first kappa shape index (κ1) is 21.0. The summed E-state index contributed by atoms with van der Waals surface area (Å²) in [6, 6.07) is 28.7. The van der Waals surface area contributed by atoms with Gasteiger partial charge in [0.2, 0.25) is 0 Å². The smallest absolute Gasteiger partial charge is 0.266 e. The Hall–Kier alpha value is -4.89. The number of rotatable bonds is 5. The Morgan fingerprint density at radius 3 is 2.59 bits per heavy atom. The van der Waals surface area contributed by atoms with Gasteiger partial charge in [0.05, 0.1) is 5.69 Å². The second-order valence-electron chi connectivity index (χ2n) is 7.86. The van der Waals surface area contributed by atoms with E-state index in [1.54, 1.807) is 23.0 Å². The highest BCUT2D eigenvalue weighted by molar-refractivity contribution is 6.10. The van der Waals surface area contributed by atoms with Crippen molar-refractivity contribution in [1.29, 1.82) is 5.26 Å². The standard InChI is InChI=1S/C28H20N4O2/c1-19-8-7-10-23(14-19)30-28(33)21(17-29)15-22-18-32(24-11-3-2-4-12-24)31-27(22)26-16-20-9-5-6-13-25(20)34-26/h2-16,18H,1H3,(H,30,33). The van der Waals surface area contributed by atoms with Gasteiger partial charge in [-0.1, -0.05) is 48.5 Å².